The van der Waals surface area contributed by atoms with E-state index in [2.05, 4.69) is 25.8 Å². The van der Waals surface area contributed by atoms with E-state index in [0.717, 1.165) is 15.7 Å². The molecule has 3 rings (SSSR count). The Hall–Kier alpha value is -2.03. The van der Waals surface area contributed by atoms with Crippen LogP contribution in [0.15, 0.2) is 58.0 Å². The third-order valence-electron chi connectivity index (χ3n) is 3.69. The Morgan fingerprint density at radius 2 is 1.88 bits per heavy atom. The first-order valence-corrected chi connectivity index (χ1v) is 10.1. The van der Waals surface area contributed by atoms with Gasteiger partial charge in [-0.2, -0.15) is 5.10 Å². The van der Waals surface area contributed by atoms with Gasteiger partial charge in [-0.15, -0.1) is 0 Å². The van der Waals surface area contributed by atoms with Gasteiger partial charge in [-0.1, -0.05) is 11.6 Å². The monoisotopic (exact) mass is 455 g/mol. The molecule has 6 nitrogen and oxygen atoms in total. The van der Waals surface area contributed by atoms with E-state index in [1.165, 1.54) is 31.4 Å². The molecule has 0 unspecified atom stereocenters. The Balaban J connectivity index is 2.03. The first kappa shape index (κ1) is 18.8. The Bertz CT molecular complexity index is 1030. The molecular weight excluding hydrogens is 442 g/mol. The van der Waals surface area contributed by atoms with Crippen molar-refractivity contribution in [1.29, 1.82) is 0 Å². The molecule has 26 heavy (non-hydrogen) atoms. The highest BCUT2D eigenvalue weighted by Gasteiger charge is 2.17. The fraction of sp³-hybridized carbons (Fsp3) is 0.118. The first-order valence-electron chi connectivity index (χ1n) is 7.45. The summed E-state index contributed by atoms with van der Waals surface area (Å²) >= 11 is 9.28. The lowest BCUT2D eigenvalue weighted by molar-refractivity contribution is 0.415. The van der Waals surface area contributed by atoms with Crippen molar-refractivity contribution in [1.82, 2.24) is 9.78 Å². The summed E-state index contributed by atoms with van der Waals surface area (Å²) in [6.07, 6.45) is 1.67. The van der Waals surface area contributed by atoms with Gasteiger partial charge in [0.15, 0.2) is 0 Å². The van der Waals surface area contributed by atoms with E-state index < -0.39 is 10.0 Å². The van der Waals surface area contributed by atoms with Crippen LogP contribution in [0.5, 0.6) is 5.75 Å². The quantitative estimate of drug-likeness (QED) is 0.621. The number of nitrogens with one attached hydrogen (secondary N) is 1. The molecule has 0 fully saturated rings. The van der Waals surface area contributed by atoms with Gasteiger partial charge in [0.2, 0.25) is 0 Å². The highest BCUT2D eigenvalue weighted by Crippen LogP contribution is 2.33. The number of anilines is 1. The molecule has 1 aromatic heterocycles. The van der Waals surface area contributed by atoms with Crippen molar-refractivity contribution in [2.45, 2.75) is 4.90 Å². The van der Waals surface area contributed by atoms with Crippen LogP contribution in [0.25, 0.3) is 11.3 Å². The van der Waals surface area contributed by atoms with E-state index in [1.807, 2.05) is 6.07 Å². The highest BCUT2D eigenvalue weighted by molar-refractivity contribution is 9.10. The summed E-state index contributed by atoms with van der Waals surface area (Å²) in [4.78, 5) is 0.119. The molecule has 0 spiro atoms. The predicted molar refractivity (Wildman–Crippen MR) is 105 cm³/mol. The second kappa shape index (κ2) is 7.30. The summed E-state index contributed by atoms with van der Waals surface area (Å²) < 4.78 is 35.6. The van der Waals surface area contributed by atoms with Gasteiger partial charge in [0.05, 0.1) is 34.1 Å². The number of methoxy groups -OCH3 is 1. The van der Waals surface area contributed by atoms with E-state index in [9.17, 15) is 8.42 Å². The van der Waals surface area contributed by atoms with E-state index in [0.29, 0.717) is 16.5 Å². The molecule has 0 aliphatic heterocycles. The van der Waals surface area contributed by atoms with Crippen LogP contribution in [0, 0.1) is 0 Å². The second-order valence-electron chi connectivity index (χ2n) is 5.47. The zero-order valence-corrected chi connectivity index (χ0v) is 17.1. The molecule has 0 saturated carbocycles. The van der Waals surface area contributed by atoms with E-state index in [-0.39, 0.29) is 4.90 Å². The molecule has 0 amide bonds. The summed E-state index contributed by atoms with van der Waals surface area (Å²) in [7, 11) is -0.434. The van der Waals surface area contributed by atoms with Gasteiger partial charge in [0, 0.05) is 23.7 Å². The van der Waals surface area contributed by atoms with Gasteiger partial charge in [0.1, 0.15) is 5.75 Å². The zero-order chi connectivity index (χ0) is 18.9. The van der Waals surface area contributed by atoms with Crippen LogP contribution in [0.3, 0.4) is 0 Å². The van der Waals surface area contributed by atoms with Crippen LogP contribution < -0.4 is 9.46 Å². The standard InChI is InChI=1S/C17H15BrClN3O3S/c1-22-17(16(18)10-20-22)11-7-13(9-14(8-11)25-2)21-26(23,24)15-5-3-12(19)4-6-15/h3-10,21H,1-2H3. The summed E-state index contributed by atoms with van der Waals surface area (Å²) in [5.74, 6) is 0.518. The molecule has 9 heteroatoms. The molecule has 0 radical (unpaired) electrons. The van der Waals surface area contributed by atoms with Gasteiger partial charge in [-0.25, -0.2) is 8.42 Å². The van der Waals surface area contributed by atoms with Gasteiger partial charge >= 0.3 is 0 Å². The van der Waals surface area contributed by atoms with Crippen molar-refractivity contribution in [3.05, 3.63) is 58.2 Å². The average Bonchev–Trinajstić information content (AvgIpc) is 2.93. The molecule has 1 N–H and O–H groups in total. The Morgan fingerprint density at radius 3 is 2.46 bits per heavy atom. The van der Waals surface area contributed by atoms with Crippen molar-refractivity contribution >= 4 is 43.2 Å². The third-order valence-corrected chi connectivity index (χ3v) is 5.92. The number of hydrogen-bond acceptors (Lipinski definition) is 4. The molecule has 0 aliphatic carbocycles. The van der Waals surface area contributed by atoms with Crippen LogP contribution in [0.4, 0.5) is 5.69 Å². The van der Waals surface area contributed by atoms with Gasteiger partial charge < -0.3 is 4.74 Å². The minimum Gasteiger partial charge on any atom is -0.497 e. The Morgan fingerprint density at radius 1 is 1.19 bits per heavy atom. The number of ether oxygens (including phenoxy) is 1. The molecule has 0 aliphatic rings. The SMILES string of the molecule is COc1cc(NS(=O)(=O)c2ccc(Cl)cc2)cc(-c2c(Br)cnn2C)c1. The fourth-order valence-electron chi connectivity index (χ4n) is 2.48. The largest absolute Gasteiger partial charge is 0.497 e. The molecular formula is C17H15BrClN3O3S. The minimum absolute atomic E-state index is 0.119. The number of hydrogen-bond donors (Lipinski definition) is 1. The number of benzene rings is 2. The number of sulfonamides is 1. The predicted octanol–water partition coefficient (Wildman–Crippen LogP) is 4.31. The van der Waals surface area contributed by atoms with Crippen LogP contribution in [0.1, 0.15) is 0 Å². The number of rotatable bonds is 5. The molecule has 136 valence electrons. The molecule has 2 aromatic carbocycles. The van der Waals surface area contributed by atoms with Crippen molar-refractivity contribution < 1.29 is 13.2 Å². The maximum absolute atomic E-state index is 12.6. The summed E-state index contributed by atoms with van der Waals surface area (Å²) in [6, 6.07) is 11.1. The molecule has 0 saturated heterocycles. The Labute approximate surface area is 164 Å². The minimum atomic E-state index is -3.76. The van der Waals surface area contributed by atoms with E-state index >= 15 is 0 Å². The number of aromatic nitrogens is 2. The first-order chi connectivity index (χ1) is 12.3. The molecule has 3 aromatic rings. The smallest absolute Gasteiger partial charge is 0.261 e. The number of halogens is 2. The zero-order valence-electron chi connectivity index (χ0n) is 13.9. The van der Waals surface area contributed by atoms with Crippen LogP contribution >= 0.6 is 27.5 Å². The van der Waals surface area contributed by atoms with Crippen molar-refractivity contribution in [3.8, 4) is 17.0 Å². The molecule has 0 atom stereocenters. The second-order valence-corrected chi connectivity index (χ2v) is 8.45. The molecule has 1 heterocycles. The highest BCUT2D eigenvalue weighted by atomic mass is 79.9. The van der Waals surface area contributed by atoms with Crippen molar-refractivity contribution in [2.75, 3.05) is 11.8 Å². The summed E-state index contributed by atoms with van der Waals surface area (Å²) in [5.41, 5.74) is 1.93. The maximum Gasteiger partial charge on any atom is 0.261 e. The van der Waals surface area contributed by atoms with Crippen LogP contribution in [-0.4, -0.2) is 25.3 Å². The van der Waals surface area contributed by atoms with Gasteiger partial charge in [-0.3, -0.25) is 9.40 Å². The van der Waals surface area contributed by atoms with E-state index in [1.54, 1.807) is 30.1 Å². The maximum atomic E-state index is 12.6. The Kier molecular flexibility index (Phi) is 5.27. The lowest BCUT2D eigenvalue weighted by Crippen LogP contribution is -2.13. The van der Waals surface area contributed by atoms with Crippen molar-refractivity contribution in [2.24, 2.45) is 7.05 Å². The summed E-state index contributed by atoms with van der Waals surface area (Å²) in [5, 5.41) is 4.65. The number of nitrogens with zero attached hydrogens (tertiary/aromatic N) is 2. The molecule has 0 bridgehead atoms. The van der Waals surface area contributed by atoms with Crippen molar-refractivity contribution in [3.63, 3.8) is 0 Å². The lowest BCUT2D eigenvalue weighted by atomic mass is 10.1. The average molecular weight is 457 g/mol. The van der Waals surface area contributed by atoms with E-state index in [4.69, 9.17) is 16.3 Å². The summed E-state index contributed by atoms with van der Waals surface area (Å²) in [6.45, 7) is 0. The lowest BCUT2D eigenvalue weighted by Gasteiger charge is -2.12. The van der Waals surface area contributed by atoms with Crippen LogP contribution in [0.2, 0.25) is 5.02 Å². The number of aryl methyl sites for hydroxylation is 1. The van der Waals surface area contributed by atoms with Gasteiger partial charge in [-0.05, 0) is 52.3 Å². The normalized spacial score (nSPS) is 11.4. The third kappa shape index (κ3) is 3.87. The topological polar surface area (TPSA) is 73.2 Å². The fourth-order valence-corrected chi connectivity index (χ4v) is 4.22. The van der Waals surface area contributed by atoms with Gasteiger partial charge in [0.25, 0.3) is 10.0 Å². The van der Waals surface area contributed by atoms with Crippen LogP contribution in [-0.2, 0) is 17.1 Å².